The number of aromatic nitrogens is 2. The number of sulfonamides is 1. The van der Waals surface area contributed by atoms with E-state index in [1.54, 1.807) is 0 Å². The van der Waals surface area contributed by atoms with Gasteiger partial charge in [0.2, 0.25) is 15.3 Å². The first kappa shape index (κ1) is 13.7. The van der Waals surface area contributed by atoms with Gasteiger partial charge in [0.05, 0.1) is 23.9 Å². The van der Waals surface area contributed by atoms with Crippen molar-refractivity contribution in [3.63, 3.8) is 0 Å². The Hall–Kier alpha value is -0.770. The molecule has 0 amide bonds. The third kappa shape index (κ3) is 2.79. The van der Waals surface area contributed by atoms with E-state index in [0.29, 0.717) is 0 Å². The van der Waals surface area contributed by atoms with Crippen molar-refractivity contribution in [1.29, 1.82) is 0 Å². The molecule has 100 valence electrons. The summed E-state index contributed by atoms with van der Waals surface area (Å²) in [6, 6.07) is 0. The molecule has 18 heavy (non-hydrogen) atoms. The Balaban J connectivity index is 2.25. The van der Waals surface area contributed by atoms with Crippen LogP contribution in [0.1, 0.15) is 0 Å². The zero-order chi connectivity index (χ0) is 13.4. The van der Waals surface area contributed by atoms with Gasteiger partial charge in [-0.3, -0.25) is 0 Å². The highest BCUT2D eigenvalue weighted by molar-refractivity contribution is 7.92. The number of hydrogen-bond donors (Lipinski definition) is 0. The van der Waals surface area contributed by atoms with Gasteiger partial charge in [-0.15, -0.1) is 0 Å². The molecule has 1 aliphatic heterocycles. The third-order valence-corrected chi connectivity index (χ3v) is 6.19. The van der Waals surface area contributed by atoms with Crippen LogP contribution in [-0.4, -0.2) is 55.7 Å². The zero-order valence-corrected chi connectivity index (χ0v) is 11.5. The molecule has 1 aliphatic rings. The summed E-state index contributed by atoms with van der Waals surface area (Å²) in [5.74, 6) is -0.332. The Morgan fingerprint density at radius 1 is 1.17 bits per heavy atom. The fourth-order valence-electron chi connectivity index (χ4n) is 1.52. The van der Waals surface area contributed by atoms with Crippen molar-refractivity contribution < 1.29 is 16.8 Å². The Labute approximate surface area is 110 Å². The molecule has 0 N–H and O–H groups in total. The summed E-state index contributed by atoms with van der Waals surface area (Å²) in [6.07, 6.45) is 2.21. The molecule has 2 heterocycles. The smallest absolute Gasteiger partial charge is 0.229 e. The van der Waals surface area contributed by atoms with E-state index in [2.05, 4.69) is 9.97 Å². The van der Waals surface area contributed by atoms with Crippen LogP contribution in [0.25, 0.3) is 0 Å². The minimum absolute atomic E-state index is 0.0461. The maximum absolute atomic E-state index is 12.1. The van der Waals surface area contributed by atoms with Crippen LogP contribution in [0.15, 0.2) is 17.3 Å². The minimum Gasteiger partial charge on any atom is -0.229 e. The maximum atomic E-state index is 12.1. The topological polar surface area (TPSA) is 97.3 Å². The van der Waals surface area contributed by atoms with E-state index in [1.165, 1.54) is 0 Å². The SMILES string of the molecule is O=S1(=O)CCN(S(=O)(=O)c2cnc(Cl)nc2)CC1. The summed E-state index contributed by atoms with van der Waals surface area (Å²) in [5, 5.41) is -0.0461. The van der Waals surface area contributed by atoms with Gasteiger partial charge < -0.3 is 0 Å². The lowest BCUT2D eigenvalue weighted by atomic mass is 10.6. The Morgan fingerprint density at radius 3 is 2.17 bits per heavy atom. The summed E-state index contributed by atoms with van der Waals surface area (Å²) >= 11 is 5.47. The van der Waals surface area contributed by atoms with E-state index in [1.807, 2.05) is 0 Å². The Morgan fingerprint density at radius 2 is 1.67 bits per heavy atom. The van der Waals surface area contributed by atoms with E-state index in [9.17, 15) is 16.8 Å². The molecular formula is C8H10ClN3O4S2. The molecule has 0 unspecified atom stereocenters. The largest absolute Gasteiger partial charge is 0.246 e. The highest BCUT2D eigenvalue weighted by atomic mass is 35.5. The number of rotatable bonds is 2. The number of hydrogen-bond acceptors (Lipinski definition) is 6. The van der Waals surface area contributed by atoms with Crippen LogP contribution >= 0.6 is 11.6 Å². The minimum atomic E-state index is -3.74. The lowest BCUT2D eigenvalue weighted by Gasteiger charge is -2.25. The monoisotopic (exact) mass is 311 g/mol. The molecule has 7 nitrogen and oxygen atoms in total. The van der Waals surface area contributed by atoms with Crippen LogP contribution in [0.5, 0.6) is 0 Å². The molecule has 0 aliphatic carbocycles. The van der Waals surface area contributed by atoms with Crippen LogP contribution < -0.4 is 0 Å². The summed E-state index contributed by atoms with van der Waals surface area (Å²) < 4.78 is 47.8. The molecule has 0 aromatic carbocycles. The number of nitrogens with zero attached hydrogens (tertiary/aromatic N) is 3. The second-order valence-corrected chi connectivity index (χ2v) is 8.32. The average molecular weight is 312 g/mol. The van der Waals surface area contributed by atoms with E-state index in [4.69, 9.17) is 11.6 Å². The lowest BCUT2D eigenvalue weighted by molar-refractivity contribution is 0.430. The summed E-state index contributed by atoms with van der Waals surface area (Å²) in [6.45, 7) is -0.0966. The van der Waals surface area contributed by atoms with Crippen molar-refractivity contribution in [3.8, 4) is 0 Å². The fourth-order valence-corrected chi connectivity index (χ4v) is 4.38. The molecule has 0 atom stereocenters. The van der Waals surface area contributed by atoms with Crippen LogP contribution in [0, 0.1) is 0 Å². The standard InChI is InChI=1S/C8H10ClN3O4S2/c9-8-10-5-7(6-11-8)18(15,16)12-1-3-17(13,14)4-2-12/h5-6H,1-4H2. The molecule has 0 bridgehead atoms. The average Bonchev–Trinajstić information content (AvgIpc) is 2.29. The van der Waals surface area contributed by atoms with Crippen molar-refractivity contribution in [1.82, 2.24) is 14.3 Å². The van der Waals surface area contributed by atoms with Gasteiger partial charge in [-0.25, -0.2) is 26.8 Å². The molecule has 2 rings (SSSR count). The van der Waals surface area contributed by atoms with Crippen molar-refractivity contribution in [2.45, 2.75) is 4.90 Å². The highest BCUT2D eigenvalue weighted by Gasteiger charge is 2.31. The van der Waals surface area contributed by atoms with Gasteiger partial charge >= 0.3 is 0 Å². The summed E-state index contributed by atoms with van der Waals surface area (Å²) in [7, 11) is -6.87. The molecular weight excluding hydrogens is 302 g/mol. The maximum Gasteiger partial charge on any atom is 0.246 e. The second-order valence-electron chi connectivity index (χ2n) is 3.74. The zero-order valence-electron chi connectivity index (χ0n) is 9.15. The third-order valence-electron chi connectivity index (χ3n) is 2.54. The van der Waals surface area contributed by atoms with Gasteiger partial charge in [0.25, 0.3) is 0 Å². The van der Waals surface area contributed by atoms with E-state index in [-0.39, 0.29) is 34.8 Å². The molecule has 0 radical (unpaired) electrons. The molecule has 1 aromatic rings. The molecule has 1 fully saturated rings. The van der Waals surface area contributed by atoms with Crippen LogP contribution in [0.3, 0.4) is 0 Å². The first-order chi connectivity index (χ1) is 8.31. The first-order valence-corrected chi connectivity index (χ1v) is 8.63. The lowest BCUT2D eigenvalue weighted by Crippen LogP contribution is -2.43. The normalized spacial score (nSPS) is 20.7. The van der Waals surface area contributed by atoms with Gasteiger partial charge in [-0.2, -0.15) is 4.31 Å². The molecule has 1 saturated heterocycles. The predicted octanol–water partition coefficient (Wildman–Crippen LogP) is -0.451. The quantitative estimate of drug-likeness (QED) is 0.686. The van der Waals surface area contributed by atoms with Crippen LogP contribution in [0.4, 0.5) is 0 Å². The van der Waals surface area contributed by atoms with Crippen molar-refractivity contribution >= 4 is 31.5 Å². The van der Waals surface area contributed by atoms with Gasteiger partial charge in [0.1, 0.15) is 4.90 Å². The van der Waals surface area contributed by atoms with E-state index >= 15 is 0 Å². The van der Waals surface area contributed by atoms with Gasteiger partial charge in [-0.1, -0.05) is 0 Å². The van der Waals surface area contributed by atoms with Gasteiger partial charge in [-0.05, 0) is 11.6 Å². The molecule has 0 saturated carbocycles. The van der Waals surface area contributed by atoms with Crippen LogP contribution in [-0.2, 0) is 19.9 Å². The summed E-state index contributed by atoms with van der Waals surface area (Å²) in [4.78, 5) is 7.11. The highest BCUT2D eigenvalue weighted by Crippen LogP contribution is 2.17. The van der Waals surface area contributed by atoms with E-state index in [0.717, 1.165) is 16.7 Å². The molecule has 1 aromatic heterocycles. The fraction of sp³-hybridized carbons (Fsp3) is 0.500. The second kappa shape index (κ2) is 4.72. The van der Waals surface area contributed by atoms with Crippen molar-refractivity contribution in [3.05, 3.63) is 17.7 Å². The van der Waals surface area contributed by atoms with Gasteiger partial charge in [0.15, 0.2) is 9.84 Å². The van der Waals surface area contributed by atoms with Crippen molar-refractivity contribution in [2.24, 2.45) is 0 Å². The number of halogens is 1. The first-order valence-electron chi connectivity index (χ1n) is 4.99. The number of sulfone groups is 1. The van der Waals surface area contributed by atoms with Gasteiger partial charge in [0, 0.05) is 13.1 Å². The Kier molecular flexibility index (Phi) is 3.58. The van der Waals surface area contributed by atoms with Crippen LogP contribution in [0.2, 0.25) is 5.28 Å². The predicted molar refractivity (Wildman–Crippen MR) is 64.5 cm³/mol. The van der Waals surface area contributed by atoms with Crippen molar-refractivity contribution in [2.75, 3.05) is 24.6 Å². The van der Waals surface area contributed by atoms with E-state index < -0.39 is 19.9 Å². The molecule has 0 spiro atoms. The molecule has 10 heteroatoms. The Bertz CT molecular complexity index is 627. The summed E-state index contributed by atoms with van der Waals surface area (Å²) in [5.41, 5.74) is 0.